The quantitative estimate of drug-likeness (QED) is 0.687. The molecule has 6 nitrogen and oxygen atoms in total. The fraction of sp³-hybridized carbons (Fsp3) is 0.429. The van der Waals surface area contributed by atoms with Crippen LogP contribution < -0.4 is 9.46 Å². The topological polar surface area (TPSA) is 61.9 Å². The normalized spacial score (nSPS) is 18.9. The van der Waals surface area contributed by atoms with Crippen LogP contribution in [0.2, 0.25) is 0 Å². The summed E-state index contributed by atoms with van der Waals surface area (Å²) in [5, 5.41) is 0. The minimum absolute atomic E-state index is 0.128. The molecule has 0 spiro atoms. The van der Waals surface area contributed by atoms with Gasteiger partial charge in [-0.25, -0.2) is 4.72 Å². The van der Waals surface area contributed by atoms with Crippen molar-refractivity contribution < 1.29 is 13.2 Å². The predicted molar refractivity (Wildman–Crippen MR) is 113 cm³/mol. The summed E-state index contributed by atoms with van der Waals surface area (Å²) in [5.41, 5.74) is 3.79. The number of nitrogens with one attached hydrogen (secondary N) is 1. The zero-order valence-corrected chi connectivity index (χ0v) is 17.6. The number of fused-ring (bicyclic) bond motifs is 1. The summed E-state index contributed by atoms with van der Waals surface area (Å²) in [5.74, 6) is 1.01. The Kier molecular flexibility index (Phi) is 6.72. The van der Waals surface area contributed by atoms with Gasteiger partial charge >= 0.3 is 0 Å². The van der Waals surface area contributed by atoms with Gasteiger partial charge in [0.15, 0.2) is 0 Å². The first-order valence-corrected chi connectivity index (χ1v) is 11.2. The van der Waals surface area contributed by atoms with Crippen LogP contribution in [0.5, 0.6) is 5.75 Å². The standard InChI is InChI=1S/C14H23N3O2S.C7H6O/c1-3-15-20(18,19)17-11-10-16(4-2)14(12-17)13-8-6-5-7-9-13;1-8-7-3-2-5-4-6(5)7/h5-9,14-15H,3-4,10-12H2,1-2H3;2-4H,1H3. The van der Waals surface area contributed by atoms with Crippen LogP contribution in [0.1, 0.15) is 25.5 Å². The summed E-state index contributed by atoms with van der Waals surface area (Å²) in [4.78, 5) is 2.33. The molecule has 1 atom stereocenters. The third kappa shape index (κ3) is 4.72. The monoisotopic (exact) mass is 403 g/mol. The molecule has 0 amide bonds. The smallest absolute Gasteiger partial charge is 0.279 e. The molecule has 3 aliphatic rings. The lowest BCUT2D eigenvalue weighted by Crippen LogP contribution is -2.53. The van der Waals surface area contributed by atoms with E-state index in [1.54, 1.807) is 18.3 Å². The Balaban J connectivity index is 0.000000231. The van der Waals surface area contributed by atoms with Crippen LogP contribution in [0.3, 0.4) is 0 Å². The van der Waals surface area contributed by atoms with Gasteiger partial charge in [-0.1, -0.05) is 50.2 Å². The molecule has 7 heteroatoms. The molecule has 0 aromatic heterocycles. The Morgan fingerprint density at radius 1 is 1.11 bits per heavy atom. The Hall–Kier alpha value is -1.93. The highest BCUT2D eigenvalue weighted by Crippen LogP contribution is 2.43. The van der Waals surface area contributed by atoms with Crippen LogP contribution in [0.4, 0.5) is 0 Å². The van der Waals surface area contributed by atoms with Crippen LogP contribution in [-0.2, 0) is 10.2 Å². The van der Waals surface area contributed by atoms with Gasteiger partial charge in [0.25, 0.3) is 10.2 Å². The predicted octanol–water partition coefficient (Wildman–Crippen LogP) is 2.90. The lowest BCUT2D eigenvalue weighted by Gasteiger charge is -2.40. The molecule has 1 fully saturated rings. The van der Waals surface area contributed by atoms with E-state index < -0.39 is 10.2 Å². The molecular weight excluding hydrogens is 374 g/mol. The molecule has 1 heterocycles. The number of piperazine rings is 1. The van der Waals surface area contributed by atoms with Gasteiger partial charge in [-0.3, -0.25) is 4.90 Å². The lowest BCUT2D eigenvalue weighted by molar-refractivity contribution is 0.124. The summed E-state index contributed by atoms with van der Waals surface area (Å²) < 4.78 is 33.4. The maximum Gasteiger partial charge on any atom is 0.279 e. The van der Waals surface area contributed by atoms with Crippen molar-refractivity contribution in [2.45, 2.75) is 19.9 Å². The molecule has 1 aliphatic heterocycles. The van der Waals surface area contributed by atoms with Crippen molar-refractivity contribution in [1.29, 1.82) is 0 Å². The summed E-state index contributed by atoms with van der Waals surface area (Å²) in [7, 11) is -1.65. The number of rotatable bonds is 6. The van der Waals surface area contributed by atoms with Gasteiger partial charge in [-0.2, -0.15) is 12.7 Å². The van der Waals surface area contributed by atoms with Crippen molar-refractivity contribution in [3.8, 4) is 16.9 Å². The number of methoxy groups -OCH3 is 1. The van der Waals surface area contributed by atoms with E-state index in [2.05, 4.69) is 40.8 Å². The third-order valence-corrected chi connectivity index (χ3v) is 6.80. The highest BCUT2D eigenvalue weighted by atomic mass is 32.2. The molecule has 1 aromatic carbocycles. The van der Waals surface area contributed by atoms with Crippen molar-refractivity contribution in [3.05, 3.63) is 54.1 Å². The fourth-order valence-corrected chi connectivity index (χ4v) is 4.77. The minimum Gasteiger partial charge on any atom is -0.496 e. The number of hydrogen-bond acceptors (Lipinski definition) is 4. The van der Waals surface area contributed by atoms with E-state index in [0.29, 0.717) is 19.6 Å². The fourth-order valence-electron chi connectivity index (χ4n) is 3.56. The molecule has 4 rings (SSSR count). The molecule has 2 aliphatic carbocycles. The van der Waals surface area contributed by atoms with Gasteiger partial charge in [0, 0.05) is 37.8 Å². The first kappa shape index (κ1) is 20.8. The molecule has 0 bridgehead atoms. The highest BCUT2D eigenvalue weighted by Gasteiger charge is 2.32. The van der Waals surface area contributed by atoms with E-state index in [-0.39, 0.29) is 6.04 Å². The number of nitrogens with zero attached hydrogens (tertiary/aromatic N) is 2. The molecule has 0 radical (unpaired) electrons. The number of hydrogen-bond donors (Lipinski definition) is 1. The van der Waals surface area contributed by atoms with Crippen molar-refractivity contribution >= 4 is 10.2 Å². The number of benzene rings is 2. The van der Waals surface area contributed by atoms with Crippen molar-refractivity contribution in [3.63, 3.8) is 0 Å². The van der Waals surface area contributed by atoms with Crippen LogP contribution in [-0.4, -0.2) is 57.5 Å². The summed E-state index contributed by atoms with van der Waals surface area (Å²) >= 11 is 0. The van der Waals surface area contributed by atoms with E-state index in [0.717, 1.165) is 18.8 Å². The lowest BCUT2D eigenvalue weighted by atomic mass is 10.0. The zero-order valence-electron chi connectivity index (χ0n) is 16.8. The zero-order chi connectivity index (χ0) is 20.1. The molecule has 0 saturated carbocycles. The van der Waals surface area contributed by atoms with Crippen molar-refractivity contribution in [1.82, 2.24) is 13.9 Å². The van der Waals surface area contributed by atoms with Crippen molar-refractivity contribution in [2.75, 3.05) is 39.8 Å². The summed E-state index contributed by atoms with van der Waals surface area (Å²) in [6.45, 7) is 7.08. The summed E-state index contributed by atoms with van der Waals surface area (Å²) in [6.07, 6.45) is 0. The van der Waals surface area contributed by atoms with Crippen LogP contribution in [0.25, 0.3) is 11.1 Å². The van der Waals surface area contributed by atoms with Crippen LogP contribution in [0.15, 0.2) is 48.5 Å². The van der Waals surface area contributed by atoms with Crippen LogP contribution in [0, 0.1) is 0 Å². The van der Waals surface area contributed by atoms with E-state index in [4.69, 9.17) is 4.74 Å². The Morgan fingerprint density at radius 3 is 2.36 bits per heavy atom. The average molecular weight is 404 g/mol. The van der Waals surface area contributed by atoms with Crippen molar-refractivity contribution in [2.24, 2.45) is 0 Å². The SMILES string of the molecule is CCNS(=O)(=O)N1CCN(CC)C(c2ccccc2)C1.COc1ccc2cc1-2. The molecule has 28 heavy (non-hydrogen) atoms. The first-order chi connectivity index (χ1) is 13.5. The molecule has 1 N–H and O–H groups in total. The second-order valence-corrected chi connectivity index (χ2v) is 8.59. The molecular formula is C21H29N3O3S. The Morgan fingerprint density at radius 2 is 1.86 bits per heavy atom. The third-order valence-electron chi connectivity index (χ3n) is 5.14. The second kappa shape index (κ2) is 9.05. The van der Waals surface area contributed by atoms with Gasteiger partial charge in [0.1, 0.15) is 5.75 Å². The summed E-state index contributed by atoms with van der Waals surface area (Å²) in [6, 6.07) is 16.4. The minimum atomic E-state index is -3.35. The first-order valence-electron chi connectivity index (χ1n) is 9.72. The Bertz CT molecular complexity index is 887. The Labute approximate surface area is 168 Å². The maximum atomic E-state index is 12.2. The van der Waals surface area contributed by atoms with Gasteiger partial charge in [-0.15, -0.1) is 0 Å². The number of likely N-dealkylation sites (N-methyl/N-ethyl adjacent to an activating group) is 1. The van der Waals surface area contributed by atoms with Gasteiger partial charge in [-0.05, 0) is 29.8 Å². The maximum absolute atomic E-state index is 12.2. The van der Waals surface area contributed by atoms with E-state index in [1.807, 2.05) is 24.3 Å². The number of ether oxygens (including phenoxy) is 1. The molecule has 152 valence electrons. The van der Waals surface area contributed by atoms with Gasteiger partial charge < -0.3 is 4.74 Å². The molecule has 1 saturated heterocycles. The van der Waals surface area contributed by atoms with Crippen LogP contribution >= 0.6 is 0 Å². The molecule has 1 unspecified atom stereocenters. The van der Waals surface area contributed by atoms with Gasteiger partial charge in [0.2, 0.25) is 0 Å². The average Bonchev–Trinajstić information content (AvgIpc) is 3.39. The molecule has 1 aromatic rings. The second-order valence-electron chi connectivity index (χ2n) is 6.83. The van der Waals surface area contributed by atoms with E-state index >= 15 is 0 Å². The van der Waals surface area contributed by atoms with Gasteiger partial charge in [0.05, 0.1) is 7.11 Å². The largest absolute Gasteiger partial charge is 0.496 e. The van der Waals surface area contributed by atoms with E-state index in [1.165, 1.54) is 16.7 Å². The van der Waals surface area contributed by atoms with E-state index in [9.17, 15) is 8.42 Å². The highest BCUT2D eigenvalue weighted by molar-refractivity contribution is 7.87.